The van der Waals surface area contributed by atoms with E-state index in [4.69, 9.17) is 4.74 Å². The maximum atomic E-state index is 5.69. The first kappa shape index (κ1) is 11.7. The van der Waals surface area contributed by atoms with Crippen LogP contribution in [0.1, 0.15) is 49.3 Å². The summed E-state index contributed by atoms with van der Waals surface area (Å²) in [5.74, 6) is 0. The molecule has 0 bridgehead atoms. The molecule has 16 heavy (non-hydrogen) atoms. The molecule has 88 valence electrons. The third-order valence-corrected chi connectivity index (χ3v) is 3.35. The van der Waals surface area contributed by atoms with Crippen LogP contribution in [0, 0.1) is 0 Å². The van der Waals surface area contributed by atoms with Gasteiger partial charge in [0.25, 0.3) is 0 Å². The van der Waals surface area contributed by atoms with E-state index in [0.29, 0.717) is 0 Å². The zero-order valence-electron chi connectivity index (χ0n) is 10.3. The highest BCUT2D eigenvalue weighted by Gasteiger charge is 2.12. The molecule has 0 saturated heterocycles. The molecule has 0 aliphatic heterocycles. The van der Waals surface area contributed by atoms with Crippen LogP contribution >= 0.6 is 0 Å². The van der Waals surface area contributed by atoms with Crippen molar-refractivity contribution in [2.75, 3.05) is 6.61 Å². The van der Waals surface area contributed by atoms with Crippen molar-refractivity contribution in [2.45, 2.75) is 52.1 Å². The van der Waals surface area contributed by atoms with E-state index in [9.17, 15) is 0 Å². The summed E-state index contributed by atoms with van der Waals surface area (Å²) in [6, 6.07) is 6.78. The molecule has 1 aromatic rings. The number of rotatable bonds is 7. The summed E-state index contributed by atoms with van der Waals surface area (Å²) < 4.78 is 5.69. The minimum Gasteiger partial charge on any atom is -0.377 e. The molecule has 0 atom stereocenters. The van der Waals surface area contributed by atoms with Crippen LogP contribution in [0.25, 0.3) is 0 Å². The molecule has 0 spiro atoms. The number of benzene rings is 1. The van der Waals surface area contributed by atoms with Crippen molar-refractivity contribution in [2.24, 2.45) is 0 Å². The standard InChI is InChI=1S/C15H22O/c1-2-3-4-5-10-16-12-13-6-7-14-8-9-15(14)11-13/h6-7,11H,2-5,8-10,12H2,1H3. The monoisotopic (exact) mass is 218 g/mol. The van der Waals surface area contributed by atoms with Gasteiger partial charge in [0.2, 0.25) is 0 Å². The molecule has 1 heteroatoms. The first-order chi connectivity index (χ1) is 7.90. The van der Waals surface area contributed by atoms with Crippen molar-refractivity contribution in [1.29, 1.82) is 0 Å². The third-order valence-electron chi connectivity index (χ3n) is 3.35. The largest absolute Gasteiger partial charge is 0.377 e. The quantitative estimate of drug-likeness (QED) is 0.631. The molecule has 0 amide bonds. The summed E-state index contributed by atoms with van der Waals surface area (Å²) in [7, 11) is 0. The highest BCUT2D eigenvalue weighted by molar-refractivity contribution is 5.38. The SMILES string of the molecule is CCCCCCOCc1ccc2c(c1)CC2. The maximum Gasteiger partial charge on any atom is 0.0716 e. The van der Waals surface area contributed by atoms with E-state index in [0.717, 1.165) is 13.2 Å². The average Bonchev–Trinajstić information content (AvgIpc) is 2.26. The summed E-state index contributed by atoms with van der Waals surface area (Å²) in [4.78, 5) is 0. The molecule has 2 rings (SSSR count). The van der Waals surface area contributed by atoms with Crippen LogP contribution in [0.15, 0.2) is 18.2 Å². The molecule has 0 saturated carbocycles. The summed E-state index contributed by atoms with van der Waals surface area (Å²) in [6.45, 7) is 3.94. The maximum absolute atomic E-state index is 5.69. The van der Waals surface area contributed by atoms with Crippen LogP contribution in [0.3, 0.4) is 0 Å². The van der Waals surface area contributed by atoms with Crippen LogP contribution in [0.2, 0.25) is 0 Å². The van der Waals surface area contributed by atoms with Crippen LogP contribution < -0.4 is 0 Å². The Morgan fingerprint density at radius 1 is 1.06 bits per heavy atom. The van der Waals surface area contributed by atoms with Gasteiger partial charge in [0.1, 0.15) is 0 Å². The van der Waals surface area contributed by atoms with Gasteiger partial charge in [-0.2, -0.15) is 0 Å². The van der Waals surface area contributed by atoms with Gasteiger partial charge in [-0.1, -0.05) is 44.4 Å². The molecule has 1 nitrogen and oxygen atoms in total. The highest BCUT2D eigenvalue weighted by Crippen LogP contribution is 2.23. The number of fused-ring (bicyclic) bond motifs is 1. The van der Waals surface area contributed by atoms with Gasteiger partial charge in [-0.05, 0) is 36.0 Å². The van der Waals surface area contributed by atoms with Crippen molar-refractivity contribution in [3.05, 3.63) is 34.9 Å². The van der Waals surface area contributed by atoms with Gasteiger partial charge in [-0.15, -0.1) is 0 Å². The van der Waals surface area contributed by atoms with Crippen molar-refractivity contribution >= 4 is 0 Å². The molecular weight excluding hydrogens is 196 g/mol. The number of ether oxygens (including phenoxy) is 1. The molecule has 1 aliphatic rings. The lowest BCUT2D eigenvalue weighted by Gasteiger charge is -2.19. The lowest BCUT2D eigenvalue weighted by atomic mass is 9.87. The predicted molar refractivity (Wildman–Crippen MR) is 67.6 cm³/mol. The molecule has 1 aromatic carbocycles. The van der Waals surface area contributed by atoms with Crippen molar-refractivity contribution < 1.29 is 4.74 Å². The fourth-order valence-electron chi connectivity index (χ4n) is 2.16. The molecule has 0 unspecified atom stereocenters. The van der Waals surface area contributed by atoms with Gasteiger partial charge < -0.3 is 4.74 Å². The minimum atomic E-state index is 0.791. The van der Waals surface area contributed by atoms with Crippen LogP contribution in [-0.2, 0) is 24.2 Å². The smallest absolute Gasteiger partial charge is 0.0716 e. The molecule has 0 radical (unpaired) electrons. The van der Waals surface area contributed by atoms with Crippen molar-refractivity contribution in [3.63, 3.8) is 0 Å². The van der Waals surface area contributed by atoms with Gasteiger partial charge >= 0.3 is 0 Å². The Kier molecular flexibility index (Phi) is 4.41. The number of unbranched alkanes of at least 4 members (excludes halogenated alkanes) is 3. The second-order valence-corrected chi connectivity index (χ2v) is 4.72. The normalized spacial score (nSPS) is 13.3. The Labute approximate surface area is 98.8 Å². The minimum absolute atomic E-state index is 0.791. The number of hydrogen-bond acceptors (Lipinski definition) is 1. The average molecular weight is 218 g/mol. The van der Waals surface area contributed by atoms with Crippen molar-refractivity contribution in [1.82, 2.24) is 0 Å². The van der Waals surface area contributed by atoms with Gasteiger partial charge in [-0.25, -0.2) is 0 Å². The first-order valence-electron chi connectivity index (χ1n) is 6.58. The fraction of sp³-hybridized carbons (Fsp3) is 0.600. The Morgan fingerprint density at radius 3 is 2.62 bits per heavy atom. The van der Waals surface area contributed by atoms with E-state index in [1.165, 1.54) is 55.2 Å². The van der Waals surface area contributed by atoms with Crippen molar-refractivity contribution in [3.8, 4) is 0 Å². The molecule has 1 aliphatic carbocycles. The van der Waals surface area contributed by atoms with Crippen LogP contribution in [0.4, 0.5) is 0 Å². The Balaban J connectivity index is 1.63. The van der Waals surface area contributed by atoms with E-state index in [1.807, 2.05) is 0 Å². The zero-order valence-corrected chi connectivity index (χ0v) is 10.3. The van der Waals surface area contributed by atoms with Gasteiger partial charge in [0, 0.05) is 6.61 Å². The summed E-state index contributed by atoms with van der Waals surface area (Å²) in [5.41, 5.74) is 4.41. The lowest BCUT2D eigenvalue weighted by Crippen LogP contribution is -2.08. The lowest BCUT2D eigenvalue weighted by molar-refractivity contribution is 0.116. The van der Waals surface area contributed by atoms with Gasteiger partial charge in [-0.3, -0.25) is 0 Å². The third kappa shape index (κ3) is 3.08. The van der Waals surface area contributed by atoms with E-state index < -0.39 is 0 Å². The van der Waals surface area contributed by atoms with E-state index in [2.05, 4.69) is 25.1 Å². The molecule has 0 N–H and O–H groups in total. The molecule has 0 fully saturated rings. The number of aryl methyl sites for hydroxylation is 2. The highest BCUT2D eigenvalue weighted by atomic mass is 16.5. The van der Waals surface area contributed by atoms with Crippen LogP contribution in [-0.4, -0.2) is 6.61 Å². The van der Waals surface area contributed by atoms with Gasteiger partial charge in [0.05, 0.1) is 6.61 Å². The topological polar surface area (TPSA) is 9.23 Å². The molecule has 0 heterocycles. The predicted octanol–water partition coefficient (Wildman–Crippen LogP) is 3.88. The fourth-order valence-corrected chi connectivity index (χ4v) is 2.16. The second kappa shape index (κ2) is 6.05. The first-order valence-corrected chi connectivity index (χ1v) is 6.58. The Morgan fingerprint density at radius 2 is 1.94 bits per heavy atom. The van der Waals surface area contributed by atoms with Gasteiger partial charge in [0.15, 0.2) is 0 Å². The van der Waals surface area contributed by atoms with E-state index >= 15 is 0 Å². The summed E-state index contributed by atoms with van der Waals surface area (Å²) in [6.07, 6.45) is 7.68. The summed E-state index contributed by atoms with van der Waals surface area (Å²) >= 11 is 0. The number of hydrogen-bond donors (Lipinski definition) is 0. The summed E-state index contributed by atoms with van der Waals surface area (Å²) in [5, 5.41) is 0. The van der Waals surface area contributed by atoms with Crippen LogP contribution in [0.5, 0.6) is 0 Å². The van der Waals surface area contributed by atoms with E-state index in [1.54, 1.807) is 0 Å². The molecular formula is C15H22O. The zero-order chi connectivity index (χ0) is 11.2. The molecule has 0 aromatic heterocycles. The Bertz CT molecular complexity index is 330. The Hall–Kier alpha value is -0.820. The van der Waals surface area contributed by atoms with E-state index in [-0.39, 0.29) is 0 Å². The second-order valence-electron chi connectivity index (χ2n) is 4.72.